The first-order valence-electron chi connectivity index (χ1n) is 9.30. The molecule has 2 aromatic carbocycles. The minimum Gasteiger partial charge on any atom is -0.508 e. The summed E-state index contributed by atoms with van der Waals surface area (Å²) in [4.78, 5) is 13.0. The lowest BCUT2D eigenvalue weighted by Gasteiger charge is -2.25. The molecular weight excluding hydrogens is 460 g/mol. The van der Waals surface area contributed by atoms with Crippen LogP contribution in [0.1, 0.15) is 16.7 Å². The maximum absolute atomic E-state index is 13.8. The first-order chi connectivity index (χ1) is 15.0. The first-order valence-corrected chi connectivity index (χ1v) is 10.1. The normalized spacial score (nSPS) is 15.4. The highest BCUT2D eigenvalue weighted by Gasteiger charge is 2.46. The Labute approximate surface area is 183 Å². The topological polar surface area (TPSA) is 49.8 Å². The number of rotatable bonds is 4. The number of phenolic OH excluding ortho intramolecular Hbond substituents is 1. The highest BCUT2D eigenvalue weighted by molar-refractivity contribution is 7.99. The van der Waals surface area contributed by atoms with E-state index in [0.717, 1.165) is 30.4 Å². The molecule has 0 radical (unpaired) electrons. The van der Waals surface area contributed by atoms with Gasteiger partial charge in [0.15, 0.2) is 0 Å². The van der Waals surface area contributed by atoms with Crippen LogP contribution in [0.5, 0.6) is 5.75 Å². The molecule has 32 heavy (non-hydrogen) atoms. The van der Waals surface area contributed by atoms with Crippen molar-refractivity contribution in [3.8, 4) is 5.75 Å². The van der Waals surface area contributed by atoms with Gasteiger partial charge in [-0.25, -0.2) is 0 Å². The van der Waals surface area contributed by atoms with Crippen LogP contribution < -0.4 is 0 Å². The summed E-state index contributed by atoms with van der Waals surface area (Å²) in [5, 5.41) is 9.51. The van der Waals surface area contributed by atoms with E-state index >= 15 is 0 Å². The monoisotopic (exact) mass is 477 g/mol. The Hall–Kier alpha value is -2.66. The Morgan fingerprint density at radius 3 is 2.25 bits per heavy atom. The number of aromatic hydroxyl groups is 1. The van der Waals surface area contributed by atoms with Gasteiger partial charge in [-0.2, -0.15) is 26.3 Å². The summed E-state index contributed by atoms with van der Waals surface area (Å²) in [6.45, 7) is 1.02. The third kappa shape index (κ3) is 5.77. The molecule has 0 spiro atoms. The number of benzene rings is 2. The zero-order valence-electron chi connectivity index (χ0n) is 16.3. The summed E-state index contributed by atoms with van der Waals surface area (Å²) >= 11 is 0.448. The van der Waals surface area contributed by atoms with Crippen molar-refractivity contribution < 1.29 is 41.0 Å². The summed E-state index contributed by atoms with van der Waals surface area (Å²) in [7, 11) is 0. The van der Waals surface area contributed by atoms with E-state index in [1.807, 2.05) is 0 Å². The van der Waals surface area contributed by atoms with E-state index in [-0.39, 0.29) is 36.9 Å². The van der Waals surface area contributed by atoms with Crippen LogP contribution in [-0.2, 0) is 21.9 Å². The van der Waals surface area contributed by atoms with E-state index in [9.17, 15) is 36.2 Å². The Balaban J connectivity index is 2.06. The number of ether oxygens (including phenoxy) is 1. The quantitative estimate of drug-likeness (QED) is 0.470. The van der Waals surface area contributed by atoms with E-state index in [0.29, 0.717) is 11.8 Å². The van der Waals surface area contributed by atoms with Crippen LogP contribution in [0.15, 0.2) is 52.3 Å². The molecule has 1 N–H and O–H groups in total. The van der Waals surface area contributed by atoms with Crippen molar-refractivity contribution in [3.63, 3.8) is 0 Å². The fraction of sp³-hybridized carbons (Fsp3) is 0.286. The van der Waals surface area contributed by atoms with Crippen LogP contribution in [0.25, 0.3) is 6.08 Å². The first kappa shape index (κ1) is 24.0. The number of carbonyl (C=O) groups excluding carboxylic acids is 1. The molecule has 0 bridgehead atoms. The van der Waals surface area contributed by atoms with E-state index in [4.69, 9.17) is 4.74 Å². The van der Waals surface area contributed by atoms with Crippen LogP contribution in [0.2, 0.25) is 0 Å². The molecule has 0 atom stereocenters. The lowest BCUT2D eigenvalue weighted by atomic mass is 9.99. The molecule has 0 unspecified atom stereocenters. The molecule has 4 nitrogen and oxygen atoms in total. The zero-order chi connectivity index (χ0) is 23.5. The number of alkyl halides is 6. The Morgan fingerprint density at radius 2 is 1.66 bits per heavy atom. The molecule has 1 aliphatic heterocycles. The zero-order valence-corrected chi connectivity index (χ0v) is 17.2. The smallest absolute Gasteiger partial charge is 0.418 e. The molecule has 1 fully saturated rings. The lowest BCUT2D eigenvalue weighted by Crippen LogP contribution is -2.39. The fourth-order valence-electron chi connectivity index (χ4n) is 3.13. The second-order valence-corrected chi connectivity index (χ2v) is 7.88. The van der Waals surface area contributed by atoms with Gasteiger partial charge in [-0.1, -0.05) is 23.9 Å². The number of hydrogen-bond acceptors (Lipinski definition) is 4. The molecule has 2 aromatic rings. The summed E-state index contributed by atoms with van der Waals surface area (Å²) in [5.74, 6) is -0.853. The minimum absolute atomic E-state index is 0.134. The highest BCUT2D eigenvalue weighted by Crippen LogP contribution is 2.48. The van der Waals surface area contributed by atoms with Crippen LogP contribution >= 0.6 is 11.8 Å². The van der Waals surface area contributed by atoms with Gasteiger partial charge in [0, 0.05) is 29.0 Å². The van der Waals surface area contributed by atoms with Crippen molar-refractivity contribution >= 4 is 23.7 Å². The van der Waals surface area contributed by atoms with Crippen molar-refractivity contribution in [1.82, 2.24) is 4.90 Å². The number of phenols is 1. The predicted molar refractivity (Wildman–Crippen MR) is 105 cm³/mol. The second-order valence-electron chi connectivity index (χ2n) is 6.77. The molecule has 11 heteroatoms. The number of morpholine rings is 1. The summed E-state index contributed by atoms with van der Waals surface area (Å²) in [6, 6.07) is 6.98. The molecule has 172 valence electrons. The standard InChI is InChI=1S/C21H17F6NO3S/c22-20(23,24)18-13(5-7-17(30)28-8-10-31-11-9-28)4-6-16(19(18)21(25,26)27)32-15-3-1-2-14(29)12-15/h1-7,12,29H,8-11H2. The van der Waals surface area contributed by atoms with Gasteiger partial charge in [0.1, 0.15) is 5.75 Å². The number of amides is 1. The molecule has 1 saturated heterocycles. The Bertz CT molecular complexity index is 1010. The average Bonchev–Trinajstić information content (AvgIpc) is 2.71. The van der Waals surface area contributed by atoms with Crippen LogP contribution in [0.4, 0.5) is 26.3 Å². The van der Waals surface area contributed by atoms with Crippen LogP contribution in [-0.4, -0.2) is 42.2 Å². The van der Waals surface area contributed by atoms with Gasteiger partial charge in [0.2, 0.25) is 5.91 Å². The predicted octanol–water partition coefficient (Wildman–Crippen LogP) is 5.45. The number of hydrogen-bond donors (Lipinski definition) is 1. The van der Waals surface area contributed by atoms with E-state index < -0.39 is 39.8 Å². The summed E-state index contributed by atoms with van der Waals surface area (Å²) in [5.41, 5.74) is -4.49. The van der Waals surface area contributed by atoms with Gasteiger partial charge < -0.3 is 14.7 Å². The van der Waals surface area contributed by atoms with Gasteiger partial charge in [0.25, 0.3) is 0 Å². The van der Waals surface area contributed by atoms with Gasteiger partial charge in [-0.05, 0) is 35.9 Å². The van der Waals surface area contributed by atoms with Crippen LogP contribution in [0, 0.1) is 0 Å². The lowest BCUT2D eigenvalue weighted by molar-refractivity contribution is -0.163. The largest absolute Gasteiger partial charge is 0.508 e. The summed E-state index contributed by atoms with van der Waals surface area (Å²) in [6.07, 6.45) is -9.07. The number of nitrogens with zero attached hydrogens (tertiary/aromatic N) is 1. The van der Waals surface area contributed by atoms with Gasteiger partial charge in [-0.15, -0.1) is 0 Å². The third-order valence-electron chi connectivity index (χ3n) is 4.54. The molecule has 3 rings (SSSR count). The van der Waals surface area contributed by atoms with Crippen molar-refractivity contribution in [2.45, 2.75) is 22.1 Å². The SMILES string of the molecule is O=C(C=Cc1ccc(Sc2cccc(O)c2)c(C(F)(F)F)c1C(F)(F)F)N1CCOCC1. The minimum atomic E-state index is -5.33. The molecule has 1 aliphatic rings. The highest BCUT2D eigenvalue weighted by atomic mass is 32.2. The Kier molecular flexibility index (Phi) is 7.09. The van der Waals surface area contributed by atoms with E-state index in [2.05, 4.69) is 0 Å². The van der Waals surface area contributed by atoms with Gasteiger partial charge in [-0.3, -0.25) is 4.79 Å². The van der Waals surface area contributed by atoms with Crippen LogP contribution in [0.3, 0.4) is 0 Å². The third-order valence-corrected chi connectivity index (χ3v) is 5.59. The number of carbonyl (C=O) groups is 1. The van der Waals surface area contributed by atoms with Crippen molar-refractivity contribution in [1.29, 1.82) is 0 Å². The molecule has 0 aromatic heterocycles. The number of halogens is 6. The van der Waals surface area contributed by atoms with Crippen molar-refractivity contribution in [3.05, 3.63) is 59.2 Å². The van der Waals surface area contributed by atoms with Gasteiger partial charge in [0.05, 0.1) is 24.3 Å². The summed E-state index contributed by atoms with van der Waals surface area (Å²) < 4.78 is 88.0. The van der Waals surface area contributed by atoms with Crippen molar-refractivity contribution in [2.75, 3.05) is 26.3 Å². The second kappa shape index (κ2) is 9.45. The molecule has 1 heterocycles. The van der Waals surface area contributed by atoms with Crippen molar-refractivity contribution in [2.24, 2.45) is 0 Å². The van der Waals surface area contributed by atoms with E-state index in [1.165, 1.54) is 23.1 Å². The Morgan fingerprint density at radius 1 is 1.00 bits per heavy atom. The molecule has 0 saturated carbocycles. The van der Waals surface area contributed by atoms with E-state index in [1.54, 1.807) is 0 Å². The maximum atomic E-state index is 13.8. The maximum Gasteiger partial charge on any atom is 0.418 e. The molecular formula is C21H17F6NO3S. The molecule has 1 amide bonds. The van der Waals surface area contributed by atoms with Gasteiger partial charge >= 0.3 is 12.4 Å². The fourth-order valence-corrected chi connectivity index (χ4v) is 4.17. The average molecular weight is 477 g/mol. The molecule has 0 aliphatic carbocycles.